The molecule has 3 nitrogen and oxygen atoms in total. The van der Waals surface area contributed by atoms with Crippen molar-refractivity contribution in [3.63, 3.8) is 0 Å². The maximum Gasteiger partial charge on any atom is 0.231 e. The van der Waals surface area contributed by atoms with Gasteiger partial charge in [0.1, 0.15) is 0 Å². The highest BCUT2D eigenvalue weighted by molar-refractivity contribution is 6.33. The van der Waals surface area contributed by atoms with Gasteiger partial charge in [0.2, 0.25) is 6.79 Å². The van der Waals surface area contributed by atoms with E-state index in [1.807, 2.05) is 12.1 Å². The van der Waals surface area contributed by atoms with E-state index in [2.05, 4.69) is 12.2 Å². The largest absolute Gasteiger partial charge is 0.454 e. The van der Waals surface area contributed by atoms with Gasteiger partial charge < -0.3 is 14.8 Å². The third-order valence-corrected chi connectivity index (χ3v) is 4.49. The summed E-state index contributed by atoms with van der Waals surface area (Å²) < 4.78 is 10.7. The number of fused-ring (bicyclic) bond motifs is 1. The predicted molar refractivity (Wildman–Crippen MR) is 77.2 cm³/mol. The van der Waals surface area contributed by atoms with Crippen molar-refractivity contribution in [1.29, 1.82) is 0 Å². The lowest BCUT2D eigenvalue weighted by Gasteiger charge is -2.30. The van der Waals surface area contributed by atoms with Crippen molar-refractivity contribution in [2.45, 2.75) is 45.1 Å². The van der Waals surface area contributed by atoms with Gasteiger partial charge in [-0.2, -0.15) is 0 Å². The molecule has 1 aliphatic heterocycles. The van der Waals surface area contributed by atoms with Gasteiger partial charge in [0.25, 0.3) is 0 Å². The molecular formula is C15H20ClNO2. The Balaban J connectivity index is 1.72. The third-order valence-electron chi connectivity index (χ3n) is 4.18. The fraction of sp³-hybridized carbons (Fsp3) is 0.600. The Kier molecular flexibility index (Phi) is 3.74. The van der Waals surface area contributed by atoms with Crippen LogP contribution in [0.2, 0.25) is 5.02 Å². The van der Waals surface area contributed by atoms with E-state index in [1.54, 1.807) is 0 Å². The van der Waals surface area contributed by atoms with Gasteiger partial charge in [-0.3, -0.25) is 0 Å². The van der Waals surface area contributed by atoms with Gasteiger partial charge in [-0.25, -0.2) is 0 Å². The molecule has 0 aromatic heterocycles. The van der Waals surface area contributed by atoms with Gasteiger partial charge in [-0.15, -0.1) is 0 Å². The van der Waals surface area contributed by atoms with Crippen molar-refractivity contribution < 1.29 is 9.47 Å². The SMILES string of the molecule is CCC1CCCC(Nc2cc3c(cc2Cl)OCO3)C1. The molecule has 1 fully saturated rings. The molecule has 0 radical (unpaired) electrons. The van der Waals surface area contributed by atoms with Crippen molar-refractivity contribution in [2.24, 2.45) is 5.92 Å². The zero-order chi connectivity index (χ0) is 13.2. The molecule has 1 aliphatic carbocycles. The van der Waals surface area contributed by atoms with E-state index < -0.39 is 0 Å². The van der Waals surface area contributed by atoms with E-state index >= 15 is 0 Å². The van der Waals surface area contributed by atoms with Crippen molar-refractivity contribution >= 4 is 17.3 Å². The van der Waals surface area contributed by atoms with Gasteiger partial charge in [-0.05, 0) is 18.8 Å². The quantitative estimate of drug-likeness (QED) is 0.888. The molecule has 4 heteroatoms. The van der Waals surface area contributed by atoms with Crippen LogP contribution in [0.5, 0.6) is 11.5 Å². The molecule has 0 amide bonds. The van der Waals surface area contributed by atoms with Crippen molar-refractivity contribution in [3.05, 3.63) is 17.2 Å². The number of benzene rings is 1. The lowest BCUT2D eigenvalue weighted by atomic mass is 9.84. The molecule has 3 rings (SSSR count). The van der Waals surface area contributed by atoms with Gasteiger partial charge in [0.15, 0.2) is 11.5 Å². The lowest BCUT2D eigenvalue weighted by molar-refractivity contribution is 0.174. The van der Waals surface area contributed by atoms with E-state index in [-0.39, 0.29) is 6.79 Å². The molecule has 2 unspecified atom stereocenters. The summed E-state index contributed by atoms with van der Waals surface area (Å²) in [5.41, 5.74) is 0.965. The third kappa shape index (κ3) is 2.76. The van der Waals surface area contributed by atoms with Crippen LogP contribution in [0.25, 0.3) is 0 Å². The second kappa shape index (κ2) is 5.49. The van der Waals surface area contributed by atoms with Crippen molar-refractivity contribution in [3.8, 4) is 11.5 Å². The summed E-state index contributed by atoms with van der Waals surface area (Å²) in [6.07, 6.45) is 6.40. The van der Waals surface area contributed by atoms with Crippen LogP contribution in [0, 0.1) is 5.92 Å². The van der Waals surface area contributed by atoms with Crippen LogP contribution >= 0.6 is 11.6 Å². The fourth-order valence-electron chi connectivity index (χ4n) is 3.04. The maximum atomic E-state index is 6.30. The molecule has 1 aromatic carbocycles. The number of halogens is 1. The molecule has 2 atom stereocenters. The Morgan fingerprint density at radius 1 is 1.26 bits per heavy atom. The van der Waals surface area contributed by atoms with Crippen molar-refractivity contribution in [1.82, 2.24) is 0 Å². The Hall–Kier alpha value is -1.09. The molecule has 0 bridgehead atoms. The first kappa shape index (κ1) is 12.9. The van der Waals surface area contributed by atoms with Crippen LogP contribution in [0.15, 0.2) is 12.1 Å². The number of anilines is 1. The molecular weight excluding hydrogens is 262 g/mol. The van der Waals surface area contributed by atoms with Crippen LogP contribution in [0.1, 0.15) is 39.0 Å². The molecule has 1 heterocycles. The second-order valence-corrected chi connectivity index (χ2v) is 5.87. The van der Waals surface area contributed by atoms with E-state index in [0.717, 1.165) is 23.1 Å². The number of ether oxygens (including phenoxy) is 2. The van der Waals surface area contributed by atoms with E-state index in [0.29, 0.717) is 11.1 Å². The average Bonchev–Trinajstić information content (AvgIpc) is 2.86. The van der Waals surface area contributed by atoms with Crippen molar-refractivity contribution in [2.75, 3.05) is 12.1 Å². The lowest BCUT2D eigenvalue weighted by Crippen LogP contribution is -2.27. The molecule has 0 spiro atoms. The van der Waals surface area contributed by atoms with Crippen LogP contribution in [0.4, 0.5) is 5.69 Å². The van der Waals surface area contributed by atoms with E-state index in [1.165, 1.54) is 32.1 Å². The van der Waals surface area contributed by atoms with E-state index in [9.17, 15) is 0 Å². The monoisotopic (exact) mass is 281 g/mol. The summed E-state index contributed by atoms with van der Waals surface area (Å²) in [6.45, 7) is 2.57. The summed E-state index contributed by atoms with van der Waals surface area (Å²) in [7, 11) is 0. The van der Waals surface area contributed by atoms with Crippen LogP contribution < -0.4 is 14.8 Å². The van der Waals surface area contributed by atoms with Gasteiger partial charge in [0, 0.05) is 18.2 Å². The normalized spacial score (nSPS) is 25.4. The van der Waals surface area contributed by atoms with E-state index in [4.69, 9.17) is 21.1 Å². The molecule has 0 saturated heterocycles. The number of hydrogen-bond donors (Lipinski definition) is 1. The number of hydrogen-bond acceptors (Lipinski definition) is 3. The van der Waals surface area contributed by atoms with Gasteiger partial charge in [-0.1, -0.05) is 37.8 Å². The predicted octanol–water partition coefficient (Wildman–Crippen LogP) is 4.45. The summed E-state index contributed by atoms with van der Waals surface area (Å²) in [5, 5.41) is 4.29. The molecule has 19 heavy (non-hydrogen) atoms. The zero-order valence-electron chi connectivity index (χ0n) is 11.2. The Morgan fingerprint density at radius 3 is 2.84 bits per heavy atom. The number of rotatable bonds is 3. The van der Waals surface area contributed by atoms with Gasteiger partial charge >= 0.3 is 0 Å². The minimum atomic E-state index is 0.288. The fourth-order valence-corrected chi connectivity index (χ4v) is 3.25. The topological polar surface area (TPSA) is 30.5 Å². The second-order valence-electron chi connectivity index (χ2n) is 5.47. The molecule has 1 aromatic rings. The van der Waals surface area contributed by atoms with Gasteiger partial charge in [0.05, 0.1) is 10.7 Å². The highest BCUT2D eigenvalue weighted by Gasteiger charge is 2.23. The average molecular weight is 282 g/mol. The Bertz CT molecular complexity index is 464. The maximum absolute atomic E-state index is 6.30. The molecule has 104 valence electrons. The standard InChI is InChI=1S/C15H20ClNO2/c1-2-10-4-3-5-11(6-10)17-13-8-15-14(7-12(13)16)18-9-19-15/h7-8,10-11,17H,2-6,9H2,1H3. The summed E-state index contributed by atoms with van der Waals surface area (Å²) in [6, 6.07) is 4.32. The summed E-state index contributed by atoms with van der Waals surface area (Å²) in [4.78, 5) is 0. The summed E-state index contributed by atoms with van der Waals surface area (Å²) >= 11 is 6.30. The van der Waals surface area contributed by atoms with Crippen LogP contribution in [0.3, 0.4) is 0 Å². The molecule has 1 saturated carbocycles. The first-order valence-corrected chi connectivity index (χ1v) is 7.49. The number of nitrogens with one attached hydrogen (secondary N) is 1. The molecule has 2 aliphatic rings. The smallest absolute Gasteiger partial charge is 0.231 e. The van der Waals surface area contributed by atoms with Crippen LogP contribution in [-0.2, 0) is 0 Å². The van der Waals surface area contributed by atoms with Crippen LogP contribution in [-0.4, -0.2) is 12.8 Å². The Labute approximate surface area is 119 Å². The molecule has 1 N–H and O–H groups in total. The highest BCUT2D eigenvalue weighted by Crippen LogP contribution is 2.40. The minimum absolute atomic E-state index is 0.288. The summed E-state index contributed by atoms with van der Waals surface area (Å²) in [5.74, 6) is 2.37. The minimum Gasteiger partial charge on any atom is -0.454 e. The zero-order valence-corrected chi connectivity index (χ0v) is 12.0. The first-order chi connectivity index (χ1) is 9.26. The Morgan fingerprint density at radius 2 is 2.05 bits per heavy atom. The first-order valence-electron chi connectivity index (χ1n) is 7.12. The highest BCUT2D eigenvalue weighted by atomic mass is 35.5.